The standard InChI is InChI=1S/C35H57N2P/c1-13-32(14-2)22-34(17-5,18-6)28-26(32)21-27-29(35(19-7,20-8)23-33(27,15-3)16-4)30(28)38-31-36(11)24(9)25(10)37(31)12/h21H,13-20,22-23H2,1-12H3. The van der Waals surface area contributed by atoms with Crippen molar-refractivity contribution in [1.29, 1.82) is 0 Å². The third-order valence-electron chi connectivity index (χ3n) is 12.6. The predicted octanol–water partition coefficient (Wildman–Crippen LogP) is 9.82. The first kappa shape index (κ1) is 29.7. The van der Waals surface area contributed by atoms with Crippen molar-refractivity contribution in [1.82, 2.24) is 9.13 Å². The van der Waals surface area contributed by atoms with Gasteiger partial charge in [0.05, 0.1) is 0 Å². The van der Waals surface area contributed by atoms with E-state index in [1.54, 1.807) is 27.6 Å². The molecule has 0 radical (unpaired) electrons. The summed E-state index contributed by atoms with van der Waals surface area (Å²) in [4.78, 5) is 0. The highest BCUT2D eigenvalue weighted by Gasteiger charge is 2.56. The molecule has 0 amide bonds. The van der Waals surface area contributed by atoms with Crippen molar-refractivity contribution in [3.05, 3.63) is 44.9 Å². The van der Waals surface area contributed by atoms with E-state index < -0.39 is 0 Å². The summed E-state index contributed by atoms with van der Waals surface area (Å²) in [6.45, 7) is 24.4. The normalized spacial score (nSPS) is 20.2. The Hall–Kier alpha value is -1.27. The lowest BCUT2D eigenvalue weighted by Crippen LogP contribution is -2.33. The summed E-state index contributed by atoms with van der Waals surface area (Å²) in [5, 5.41) is 3.16. The molecule has 4 rings (SSSR count). The van der Waals surface area contributed by atoms with Crippen LogP contribution in [-0.2, 0) is 35.8 Å². The van der Waals surface area contributed by atoms with Crippen molar-refractivity contribution in [3.8, 4) is 0 Å². The number of fused-ring (bicyclic) bond motifs is 2. The van der Waals surface area contributed by atoms with Crippen molar-refractivity contribution in [2.75, 3.05) is 0 Å². The van der Waals surface area contributed by atoms with Gasteiger partial charge in [0, 0.05) is 30.8 Å². The van der Waals surface area contributed by atoms with Gasteiger partial charge in [-0.15, -0.1) is 0 Å². The minimum Gasteiger partial charge on any atom is -0.329 e. The lowest BCUT2D eigenvalue weighted by molar-refractivity contribution is 0.279. The predicted molar refractivity (Wildman–Crippen MR) is 168 cm³/mol. The van der Waals surface area contributed by atoms with Gasteiger partial charge in [-0.3, -0.25) is 0 Å². The Balaban J connectivity index is 2.33. The first-order valence-electron chi connectivity index (χ1n) is 16.0. The zero-order valence-electron chi connectivity index (χ0n) is 27.0. The van der Waals surface area contributed by atoms with E-state index in [0.29, 0.717) is 10.8 Å². The average Bonchev–Trinajstić information content (AvgIpc) is 3.48. The van der Waals surface area contributed by atoms with E-state index in [4.69, 9.17) is 0 Å². The highest BCUT2D eigenvalue weighted by atomic mass is 31.1. The molecule has 0 aliphatic heterocycles. The van der Waals surface area contributed by atoms with Gasteiger partial charge in [0.25, 0.3) is 0 Å². The van der Waals surface area contributed by atoms with Gasteiger partial charge in [0.15, 0.2) is 0 Å². The summed E-state index contributed by atoms with van der Waals surface area (Å²) in [6, 6.07) is 2.82. The maximum Gasteiger partial charge on any atom is 0.140 e. The van der Waals surface area contributed by atoms with E-state index in [9.17, 15) is 0 Å². The Labute approximate surface area is 236 Å². The van der Waals surface area contributed by atoms with Gasteiger partial charge < -0.3 is 9.13 Å². The molecule has 2 aliphatic carbocycles. The Morgan fingerprint density at radius 1 is 0.579 bits per heavy atom. The monoisotopic (exact) mass is 536 g/mol. The first-order valence-corrected chi connectivity index (χ1v) is 16.9. The minimum atomic E-state index is 0.281. The van der Waals surface area contributed by atoms with Gasteiger partial charge in [0.1, 0.15) is 5.20 Å². The van der Waals surface area contributed by atoms with E-state index in [0.717, 1.165) is 0 Å². The van der Waals surface area contributed by atoms with Crippen LogP contribution in [0, 0.1) is 19.0 Å². The molecule has 0 unspecified atom stereocenters. The first-order chi connectivity index (χ1) is 18.0. The van der Waals surface area contributed by atoms with Crippen LogP contribution in [-0.4, -0.2) is 9.13 Å². The topological polar surface area (TPSA) is 9.86 Å². The van der Waals surface area contributed by atoms with Gasteiger partial charge in [-0.2, -0.15) is 0 Å². The van der Waals surface area contributed by atoms with Crippen molar-refractivity contribution >= 4 is 13.5 Å². The SMILES string of the molecule is CCC1(CC)CC(CC)(CC)c2c1cc1c(c2P=c2n(C)c(C)c(C)n2C)C(CC)(CC)CC1(CC)CC. The Kier molecular flexibility index (Phi) is 8.04. The summed E-state index contributed by atoms with van der Waals surface area (Å²) in [5.41, 5.74) is 11.0. The molecule has 3 heteroatoms. The number of imidazole rings is 1. The smallest absolute Gasteiger partial charge is 0.140 e. The molecule has 212 valence electrons. The van der Waals surface area contributed by atoms with Gasteiger partial charge in [-0.1, -0.05) is 61.5 Å². The third-order valence-corrected chi connectivity index (χ3v) is 14.1. The van der Waals surface area contributed by atoms with Crippen LogP contribution in [0.15, 0.2) is 6.07 Å². The molecule has 0 spiro atoms. The summed E-state index contributed by atoms with van der Waals surface area (Å²) >= 11 is 0. The molecule has 2 aliphatic rings. The number of nitrogens with zero attached hydrogens (tertiary/aromatic N) is 2. The largest absolute Gasteiger partial charge is 0.329 e. The fourth-order valence-corrected chi connectivity index (χ4v) is 10.8. The second-order valence-corrected chi connectivity index (χ2v) is 14.1. The van der Waals surface area contributed by atoms with Crippen molar-refractivity contribution in [2.24, 2.45) is 14.1 Å². The van der Waals surface area contributed by atoms with Crippen molar-refractivity contribution < 1.29 is 0 Å². The minimum absolute atomic E-state index is 0.281. The van der Waals surface area contributed by atoms with Crippen molar-refractivity contribution in [2.45, 2.75) is 155 Å². The van der Waals surface area contributed by atoms with E-state index in [-0.39, 0.29) is 10.8 Å². The summed E-state index contributed by atoms with van der Waals surface area (Å²) in [7, 11) is 5.99. The van der Waals surface area contributed by atoms with E-state index in [2.05, 4.69) is 98.5 Å². The quantitative estimate of drug-likeness (QED) is 0.282. The average molecular weight is 537 g/mol. The van der Waals surface area contributed by atoms with E-state index in [1.165, 1.54) is 89.0 Å². The van der Waals surface area contributed by atoms with Gasteiger partial charge >= 0.3 is 0 Å². The molecule has 1 aromatic heterocycles. The maximum atomic E-state index is 2.82. The molecular formula is C35H57N2P. The van der Waals surface area contributed by atoms with Gasteiger partial charge in [-0.05, 0) is 130 Å². The van der Waals surface area contributed by atoms with Crippen LogP contribution in [0.2, 0.25) is 0 Å². The molecule has 0 saturated carbocycles. The highest BCUT2D eigenvalue weighted by molar-refractivity contribution is 7.39. The molecule has 0 atom stereocenters. The van der Waals surface area contributed by atoms with Gasteiger partial charge in [-0.25, -0.2) is 0 Å². The summed E-state index contributed by atoms with van der Waals surface area (Å²) < 4.78 is 4.96. The van der Waals surface area contributed by atoms with Crippen LogP contribution in [0.5, 0.6) is 0 Å². The number of aromatic nitrogens is 2. The number of hydrogen-bond donors (Lipinski definition) is 0. The Morgan fingerprint density at radius 2 is 0.895 bits per heavy atom. The molecule has 0 N–H and O–H groups in total. The van der Waals surface area contributed by atoms with Crippen LogP contribution >= 0.6 is 8.20 Å². The van der Waals surface area contributed by atoms with Crippen molar-refractivity contribution in [3.63, 3.8) is 0 Å². The molecular weight excluding hydrogens is 479 g/mol. The second-order valence-electron chi connectivity index (χ2n) is 13.1. The highest BCUT2D eigenvalue weighted by Crippen LogP contribution is 2.62. The summed E-state index contributed by atoms with van der Waals surface area (Å²) in [6.07, 6.45) is 12.6. The number of hydrogen-bond acceptors (Lipinski definition) is 0. The molecule has 0 saturated heterocycles. The molecule has 0 bridgehead atoms. The zero-order chi connectivity index (χ0) is 28.3. The zero-order valence-corrected chi connectivity index (χ0v) is 27.9. The van der Waals surface area contributed by atoms with Crippen LogP contribution in [0.1, 0.15) is 153 Å². The maximum absolute atomic E-state index is 2.82. The Bertz CT molecular complexity index is 1170. The van der Waals surface area contributed by atoms with Crippen LogP contribution in [0.3, 0.4) is 0 Å². The fraction of sp³-hybridized carbons (Fsp3) is 0.743. The van der Waals surface area contributed by atoms with E-state index in [1.807, 2.05) is 0 Å². The third kappa shape index (κ3) is 3.74. The molecule has 0 fully saturated rings. The van der Waals surface area contributed by atoms with E-state index >= 15 is 0 Å². The molecule has 2 aromatic rings. The van der Waals surface area contributed by atoms with Crippen LogP contribution < -0.4 is 5.30 Å². The summed E-state index contributed by atoms with van der Waals surface area (Å²) in [5.74, 6) is 0. The molecule has 1 heterocycles. The molecule has 38 heavy (non-hydrogen) atoms. The fourth-order valence-electron chi connectivity index (χ4n) is 9.08. The number of rotatable bonds is 9. The van der Waals surface area contributed by atoms with Crippen LogP contribution in [0.4, 0.5) is 0 Å². The number of benzene rings is 1. The Morgan fingerprint density at radius 3 is 1.18 bits per heavy atom. The van der Waals surface area contributed by atoms with Gasteiger partial charge in [0.2, 0.25) is 0 Å². The molecule has 1 aromatic carbocycles. The second kappa shape index (κ2) is 10.3. The lowest BCUT2D eigenvalue weighted by atomic mass is 9.70. The lowest BCUT2D eigenvalue weighted by Gasteiger charge is -2.35. The van der Waals surface area contributed by atoms with Crippen LogP contribution in [0.25, 0.3) is 0 Å². The molecule has 2 nitrogen and oxygen atoms in total.